The van der Waals surface area contributed by atoms with E-state index in [9.17, 15) is 15.0 Å². The molecule has 2 aromatic rings. The minimum absolute atomic E-state index is 0.0432. The molecule has 1 saturated heterocycles. The summed E-state index contributed by atoms with van der Waals surface area (Å²) in [5.74, 6) is 0.0432. The normalized spacial score (nSPS) is 30.1. The third kappa shape index (κ3) is 1.79. The molecule has 108 valence electrons. The lowest BCUT2D eigenvalue weighted by Gasteiger charge is -2.17. The van der Waals surface area contributed by atoms with E-state index in [1.165, 1.54) is 27.4 Å². The third-order valence-electron chi connectivity index (χ3n) is 3.39. The van der Waals surface area contributed by atoms with E-state index in [0.717, 1.165) is 0 Å². The molecule has 20 heavy (non-hydrogen) atoms. The van der Waals surface area contributed by atoms with Gasteiger partial charge in [-0.2, -0.15) is 4.98 Å². The van der Waals surface area contributed by atoms with Crippen LogP contribution in [0.25, 0.3) is 5.65 Å². The SMILES string of the molecule is Nc1cc2n([C@@H]3O[C@H](CO)[C@@H](O)[C@@H]3O)ccn2c(=O)n1. The lowest BCUT2D eigenvalue weighted by atomic mass is 10.1. The Bertz CT molecular complexity index is 696. The Hall–Kier alpha value is -1.94. The molecular formula is C11H14N4O5. The van der Waals surface area contributed by atoms with Gasteiger partial charge in [0.2, 0.25) is 0 Å². The van der Waals surface area contributed by atoms with E-state index in [-0.39, 0.29) is 5.82 Å². The summed E-state index contributed by atoms with van der Waals surface area (Å²) in [7, 11) is 0. The molecule has 3 heterocycles. The Labute approximate surface area is 112 Å². The van der Waals surface area contributed by atoms with Gasteiger partial charge in [0.15, 0.2) is 6.23 Å². The number of nitrogens with zero attached hydrogens (tertiary/aromatic N) is 3. The van der Waals surface area contributed by atoms with E-state index in [4.69, 9.17) is 15.6 Å². The molecule has 3 rings (SSSR count). The van der Waals surface area contributed by atoms with Gasteiger partial charge in [-0.05, 0) is 0 Å². The number of nitrogen functional groups attached to an aromatic ring is 1. The van der Waals surface area contributed by atoms with Crippen molar-refractivity contribution >= 4 is 11.5 Å². The Morgan fingerprint density at radius 3 is 2.75 bits per heavy atom. The number of hydrogen-bond acceptors (Lipinski definition) is 7. The fourth-order valence-electron chi connectivity index (χ4n) is 2.38. The van der Waals surface area contributed by atoms with Crippen molar-refractivity contribution in [3.8, 4) is 0 Å². The van der Waals surface area contributed by atoms with E-state index < -0.39 is 36.8 Å². The van der Waals surface area contributed by atoms with Crippen LogP contribution >= 0.6 is 0 Å². The van der Waals surface area contributed by atoms with Crippen LogP contribution in [-0.4, -0.2) is 54.2 Å². The van der Waals surface area contributed by atoms with Crippen LogP contribution in [-0.2, 0) is 4.74 Å². The van der Waals surface area contributed by atoms with Crippen LogP contribution in [0.15, 0.2) is 23.3 Å². The van der Waals surface area contributed by atoms with Crippen LogP contribution < -0.4 is 11.4 Å². The van der Waals surface area contributed by atoms with Gasteiger partial charge in [0.25, 0.3) is 0 Å². The van der Waals surface area contributed by atoms with Gasteiger partial charge < -0.3 is 30.4 Å². The molecule has 9 heteroatoms. The second kappa shape index (κ2) is 4.56. The molecule has 0 unspecified atom stereocenters. The largest absolute Gasteiger partial charge is 0.394 e. The topological polar surface area (TPSA) is 135 Å². The van der Waals surface area contributed by atoms with Gasteiger partial charge in [-0.25, -0.2) is 4.79 Å². The summed E-state index contributed by atoms with van der Waals surface area (Å²) in [6.45, 7) is -0.419. The van der Waals surface area contributed by atoms with E-state index >= 15 is 0 Å². The number of rotatable bonds is 2. The zero-order valence-electron chi connectivity index (χ0n) is 10.3. The predicted octanol–water partition coefficient (Wildman–Crippen LogP) is -2.31. The number of anilines is 1. The molecular weight excluding hydrogens is 268 g/mol. The number of fused-ring (bicyclic) bond motifs is 1. The highest BCUT2D eigenvalue weighted by atomic mass is 16.6. The molecule has 0 aliphatic carbocycles. The van der Waals surface area contributed by atoms with Crippen molar-refractivity contribution in [3.05, 3.63) is 28.9 Å². The lowest BCUT2D eigenvalue weighted by Crippen LogP contribution is -2.33. The van der Waals surface area contributed by atoms with Crippen LogP contribution in [0.5, 0.6) is 0 Å². The predicted molar refractivity (Wildman–Crippen MR) is 66.9 cm³/mol. The highest BCUT2D eigenvalue weighted by molar-refractivity contribution is 5.48. The number of aromatic nitrogens is 3. The third-order valence-corrected chi connectivity index (χ3v) is 3.39. The van der Waals surface area contributed by atoms with Crippen LogP contribution in [0.4, 0.5) is 5.82 Å². The molecule has 0 saturated carbocycles. The van der Waals surface area contributed by atoms with Gasteiger partial charge in [0, 0.05) is 18.5 Å². The summed E-state index contributed by atoms with van der Waals surface area (Å²) < 4.78 is 8.11. The van der Waals surface area contributed by atoms with Crippen LogP contribution in [0.3, 0.4) is 0 Å². The van der Waals surface area contributed by atoms with Crippen molar-refractivity contribution in [2.24, 2.45) is 0 Å². The molecule has 5 N–H and O–H groups in total. The standard InChI is InChI=1S/C11H14N4O5/c12-6-3-7-14(1-2-15(7)11(19)13-6)10-9(18)8(17)5(4-16)20-10/h1-3,5,8-10,16-18H,4H2,(H2,12,13,19)/t5-,8-,9+,10-/m1/s1. The molecule has 0 bridgehead atoms. The minimum Gasteiger partial charge on any atom is -0.394 e. The average Bonchev–Trinajstić information content (AvgIpc) is 2.93. The van der Waals surface area contributed by atoms with Gasteiger partial charge >= 0.3 is 5.69 Å². The smallest absolute Gasteiger partial charge is 0.355 e. The highest BCUT2D eigenvalue weighted by Gasteiger charge is 2.43. The van der Waals surface area contributed by atoms with Crippen molar-refractivity contribution in [1.29, 1.82) is 0 Å². The maximum Gasteiger partial charge on any atom is 0.355 e. The molecule has 1 aliphatic rings. The van der Waals surface area contributed by atoms with Gasteiger partial charge in [0.05, 0.1) is 6.61 Å². The summed E-state index contributed by atoms with van der Waals surface area (Å²) in [6, 6.07) is 1.45. The van der Waals surface area contributed by atoms with Crippen molar-refractivity contribution < 1.29 is 20.1 Å². The van der Waals surface area contributed by atoms with Gasteiger partial charge in [-0.3, -0.25) is 4.40 Å². The fourth-order valence-corrected chi connectivity index (χ4v) is 2.38. The molecule has 0 spiro atoms. The Morgan fingerprint density at radius 2 is 2.10 bits per heavy atom. The number of nitrogens with two attached hydrogens (primary N) is 1. The first-order valence-corrected chi connectivity index (χ1v) is 6.01. The maximum absolute atomic E-state index is 11.7. The second-order valence-electron chi connectivity index (χ2n) is 4.63. The monoisotopic (exact) mass is 282 g/mol. The number of ether oxygens (including phenoxy) is 1. The first kappa shape index (κ1) is 13.1. The van der Waals surface area contributed by atoms with Crippen LogP contribution in [0.2, 0.25) is 0 Å². The summed E-state index contributed by atoms with van der Waals surface area (Å²) in [5.41, 5.74) is 5.36. The van der Waals surface area contributed by atoms with Gasteiger partial charge in [0.1, 0.15) is 29.8 Å². The minimum atomic E-state index is -1.23. The van der Waals surface area contributed by atoms with E-state index in [0.29, 0.717) is 5.65 Å². The molecule has 4 atom stereocenters. The van der Waals surface area contributed by atoms with Crippen molar-refractivity contribution in [2.45, 2.75) is 24.5 Å². The number of aliphatic hydroxyl groups excluding tert-OH is 3. The second-order valence-corrected chi connectivity index (χ2v) is 4.63. The van der Waals surface area contributed by atoms with Gasteiger partial charge in [-0.1, -0.05) is 0 Å². The summed E-state index contributed by atoms with van der Waals surface area (Å²) in [4.78, 5) is 15.2. The van der Waals surface area contributed by atoms with Crippen LogP contribution in [0.1, 0.15) is 6.23 Å². The molecule has 1 fully saturated rings. The van der Waals surface area contributed by atoms with E-state index in [2.05, 4.69) is 4.98 Å². The highest BCUT2D eigenvalue weighted by Crippen LogP contribution is 2.30. The molecule has 0 radical (unpaired) electrons. The molecule has 0 amide bonds. The number of hydrogen-bond donors (Lipinski definition) is 4. The number of imidazole rings is 1. The van der Waals surface area contributed by atoms with Crippen LogP contribution in [0, 0.1) is 0 Å². The molecule has 2 aromatic heterocycles. The Morgan fingerprint density at radius 1 is 1.35 bits per heavy atom. The summed E-state index contributed by atoms with van der Waals surface area (Å²) in [5, 5.41) is 28.8. The molecule has 1 aliphatic heterocycles. The lowest BCUT2D eigenvalue weighted by molar-refractivity contribution is -0.0508. The first-order chi connectivity index (χ1) is 9.52. The molecule has 9 nitrogen and oxygen atoms in total. The molecule has 0 aromatic carbocycles. The number of aliphatic hydroxyl groups is 3. The summed E-state index contributed by atoms with van der Waals surface area (Å²) in [6.07, 6.45) is -1.28. The van der Waals surface area contributed by atoms with Gasteiger partial charge in [-0.15, -0.1) is 0 Å². The zero-order valence-corrected chi connectivity index (χ0v) is 10.3. The van der Waals surface area contributed by atoms with Crippen molar-refractivity contribution in [2.75, 3.05) is 12.3 Å². The first-order valence-electron chi connectivity index (χ1n) is 6.01. The zero-order chi connectivity index (χ0) is 14.4. The average molecular weight is 282 g/mol. The van der Waals surface area contributed by atoms with Crippen molar-refractivity contribution in [3.63, 3.8) is 0 Å². The summed E-state index contributed by atoms with van der Waals surface area (Å²) >= 11 is 0. The van der Waals surface area contributed by atoms with Crippen molar-refractivity contribution in [1.82, 2.24) is 14.0 Å². The fraction of sp³-hybridized carbons (Fsp3) is 0.455. The maximum atomic E-state index is 11.7. The van der Waals surface area contributed by atoms with E-state index in [1.807, 2.05) is 0 Å². The Balaban J connectivity index is 2.09. The van der Waals surface area contributed by atoms with E-state index in [1.54, 1.807) is 0 Å². The quantitative estimate of drug-likeness (QED) is 0.486. The Kier molecular flexibility index (Phi) is 2.98.